The van der Waals surface area contributed by atoms with Crippen LogP contribution in [-0.2, 0) is 6.54 Å². The first-order valence-electron chi connectivity index (χ1n) is 5.97. The minimum atomic E-state index is 0.817. The minimum absolute atomic E-state index is 0.817. The highest BCUT2D eigenvalue weighted by atomic mass is 16.5. The quantitative estimate of drug-likeness (QED) is 0.826. The van der Waals surface area contributed by atoms with E-state index in [0.29, 0.717) is 0 Å². The third-order valence-corrected chi connectivity index (χ3v) is 3.13. The highest BCUT2D eigenvalue weighted by Crippen LogP contribution is 2.22. The van der Waals surface area contributed by atoms with Crippen LogP contribution in [0.3, 0.4) is 0 Å². The Bertz CT molecular complexity index is 290. The van der Waals surface area contributed by atoms with Crippen LogP contribution in [0, 0.1) is 12.8 Å². The van der Waals surface area contributed by atoms with Gasteiger partial charge in [0.2, 0.25) is 0 Å². The third kappa shape index (κ3) is 3.34. The fourth-order valence-electron chi connectivity index (χ4n) is 2.29. The van der Waals surface area contributed by atoms with E-state index in [1.54, 1.807) is 0 Å². The molecule has 0 atom stereocenters. The van der Waals surface area contributed by atoms with Crippen LogP contribution in [-0.4, -0.2) is 11.7 Å². The maximum absolute atomic E-state index is 5.14. The molecule has 1 N–H and O–H groups in total. The van der Waals surface area contributed by atoms with Crippen LogP contribution in [0.4, 0.5) is 0 Å². The molecular formula is C12H20N2O. The number of nitrogens with zero attached hydrogens (tertiary/aromatic N) is 1. The fourth-order valence-corrected chi connectivity index (χ4v) is 2.29. The molecule has 1 aromatic rings. The molecule has 0 bridgehead atoms. The standard InChI is InChI=1S/C12H20N2O/c1-10-7-12(15-14-10)9-13-8-11-5-3-2-4-6-11/h7,11,13H,2-6,8-9H2,1H3. The highest BCUT2D eigenvalue weighted by Gasteiger charge is 2.12. The Morgan fingerprint density at radius 3 is 2.87 bits per heavy atom. The monoisotopic (exact) mass is 208 g/mol. The Kier molecular flexibility index (Phi) is 3.78. The zero-order valence-corrected chi connectivity index (χ0v) is 9.46. The molecule has 0 aromatic carbocycles. The van der Waals surface area contributed by atoms with Gasteiger partial charge in [-0.05, 0) is 32.2 Å². The summed E-state index contributed by atoms with van der Waals surface area (Å²) in [6, 6.07) is 1.99. The van der Waals surface area contributed by atoms with Gasteiger partial charge in [0, 0.05) is 6.07 Å². The molecule has 1 aromatic heterocycles. The van der Waals surface area contributed by atoms with Crippen LogP contribution >= 0.6 is 0 Å². The van der Waals surface area contributed by atoms with Crippen molar-refractivity contribution in [1.82, 2.24) is 10.5 Å². The Balaban J connectivity index is 1.65. The van der Waals surface area contributed by atoms with Gasteiger partial charge in [-0.25, -0.2) is 0 Å². The molecule has 0 radical (unpaired) electrons. The Morgan fingerprint density at radius 2 is 2.20 bits per heavy atom. The molecule has 1 fully saturated rings. The molecule has 1 saturated carbocycles. The van der Waals surface area contributed by atoms with Crippen LogP contribution in [0.15, 0.2) is 10.6 Å². The fraction of sp³-hybridized carbons (Fsp3) is 0.750. The summed E-state index contributed by atoms with van der Waals surface area (Å²) in [5.74, 6) is 1.83. The zero-order chi connectivity index (χ0) is 10.5. The lowest BCUT2D eigenvalue weighted by Gasteiger charge is -2.21. The minimum Gasteiger partial charge on any atom is -0.360 e. The summed E-state index contributed by atoms with van der Waals surface area (Å²) < 4.78 is 5.14. The van der Waals surface area contributed by atoms with Crippen LogP contribution in [0.5, 0.6) is 0 Å². The predicted octanol–water partition coefficient (Wildman–Crippen LogP) is 2.65. The summed E-state index contributed by atoms with van der Waals surface area (Å²) in [6.45, 7) is 3.89. The predicted molar refractivity (Wildman–Crippen MR) is 59.5 cm³/mol. The van der Waals surface area contributed by atoms with Crippen LogP contribution < -0.4 is 5.32 Å². The molecule has 0 spiro atoms. The highest BCUT2D eigenvalue weighted by molar-refractivity contribution is 5.02. The van der Waals surface area contributed by atoms with Crippen LogP contribution in [0.2, 0.25) is 0 Å². The van der Waals surface area contributed by atoms with Gasteiger partial charge in [0.05, 0.1) is 12.2 Å². The number of hydrogen-bond acceptors (Lipinski definition) is 3. The van der Waals surface area contributed by atoms with Gasteiger partial charge in [0.1, 0.15) is 0 Å². The van der Waals surface area contributed by atoms with Crippen molar-refractivity contribution in [2.24, 2.45) is 5.92 Å². The van der Waals surface area contributed by atoms with E-state index in [-0.39, 0.29) is 0 Å². The van der Waals surface area contributed by atoms with E-state index in [9.17, 15) is 0 Å². The van der Waals surface area contributed by atoms with Gasteiger partial charge in [-0.2, -0.15) is 0 Å². The van der Waals surface area contributed by atoms with Crippen molar-refractivity contribution in [3.05, 3.63) is 17.5 Å². The molecule has 1 aliphatic carbocycles. The molecule has 1 heterocycles. The first-order chi connectivity index (χ1) is 7.34. The Hall–Kier alpha value is -0.830. The van der Waals surface area contributed by atoms with Gasteiger partial charge in [-0.3, -0.25) is 0 Å². The summed E-state index contributed by atoms with van der Waals surface area (Å²) in [6.07, 6.45) is 7.03. The molecule has 2 rings (SSSR count). The van der Waals surface area contributed by atoms with Gasteiger partial charge in [0.15, 0.2) is 5.76 Å². The molecule has 0 aliphatic heterocycles. The van der Waals surface area contributed by atoms with E-state index in [2.05, 4.69) is 10.5 Å². The molecule has 0 saturated heterocycles. The Morgan fingerprint density at radius 1 is 1.40 bits per heavy atom. The van der Waals surface area contributed by atoms with Gasteiger partial charge in [-0.1, -0.05) is 24.4 Å². The van der Waals surface area contributed by atoms with Crippen molar-refractivity contribution >= 4 is 0 Å². The zero-order valence-electron chi connectivity index (χ0n) is 9.46. The summed E-state index contributed by atoms with van der Waals surface area (Å²) >= 11 is 0. The SMILES string of the molecule is Cc1cc(CNCC2CCCCC2)on1. The van der Waals surface area contributed by atoms with Gasteiger partial charge in [0.25, 0.3) is 0 Å². The van der Waals surface area contributed by atoms with E-state index in [1.165, 1.54) is 32.1 Å². The molecular weight excluding hydrogens is 188 g/mol. The molecule has 15 heavy (non-hydrogen) atoms. The summed E-state index contributed by atoms with van der Waals surface area (Å²) in [5.41, 5.74) is 0.962. The van der Waals surface area contributed by atoms with Crippen LogP contribution in [0.25, 0.3) is 0 Å². The number of aromatic nitrogens is 1. The van der Waals surface area contributed by atoms with Gasteiger partial charge >= 0.3 is 0 Å². The average molecular weight is 208 g/mol. The first-order valence-corrected chi connectivity index (χ1v) is 5.97. The maximum atomic E-state index is 5.14. The smallest absolute Gasteiger partial charge is 0.150 e. The molecule has 0 amide bonds. The van der Waals surface area contributed by atoms with E-state index in [1.807, 2.05) is 13.0 Å². The van der Waals surface area contributed by atoms with Crippen molar-refractivity contribution in [3.63, 3.8) is 0 Å². The molecule has 0 unspecified atom stereocenters. The van der Waals surface area contributed by atoms with E-state index < -0.39 is 0 Å². The maximum Gasteiger partial charge on any atom is 0.150 e. The van der Waals surface area contributed by atoms with E-state index in [4.69, 9.17) is 4.52 Å². The summed E-state index contributed by atoms with van der Waals surface area (Å²) in [4.78, 5) is 0. The van der Waals surface area contributed by atoms with E-state index in [0.717, 1.165) is 30.5 Å². The van der Waals surface area contributed by atoms with Crippen molar-refractivity contribution in [2.45, 2.75) is 45.6 Å². The second-order valence-corrected chi connectivity index (χ2v) is 4.57. The Labute approximate surface area is 91.2 Å². The average Bonchev–Trinajstić information content (AvgIpc) is 2.66. The van der Waals surface area contributed by atoms with Crippen molar-refractivity contribution in [2.75, 3.05) is 6.54 Å². The van der Waals surface area contributed by atoms with E-state index >= 15 is 0 Å². The lowest BCUT2D eigenvalue weighted by Crippen LogP contribution is -2.23. The number of hydrogen-bond donors (Lipinski definition) is 1. The molecule has 3 nitrogen and oxygen atoms in total. The van der Waals surface area contributed by atoms with Gasteiger partial charge < -0.3 is 9.84 Å². The molecule has 3 heteroatoms. The second-order valence-electron chi connectivity index (χ2n) is 4.57. The largest absolute Gasteiger partial charge is 0.360 e. The van der Waals surface area contributed by atoms with Gasteiger partial charge in [-0.15, -0.1) is 0 Å². The summed E-state index contributed by atoms with van der Waals surface area (Å²) in [7, 11) is 0. The number of nitrogens with one attached hydrogen (secondary N) is 1. The van der Waals surface area contributed by atoms with Crippen molar-refractivity contribution < 1.29 is 4.52 Å². The topological polar surface area (TPSA) is 38.1 Å². The van der Waals surface area contributed by atoms with Crippen molar-refractivity contribution in [1.29, 1.82) is 0 Å². The molecule has 84 valence electrons. The lowest BCUT2D eigenvalue weighted by molar-refractivity contribution is 0.325. The summed E-state index contributed by atoms with van der Waals surface area (Å²) in [5, 5.41) is 7.32. The third-order valence-electron chi connectivity index (χ3n) is 3.13. The van der Waals surface area contributed by atoms with Crippen molar-refractivity contribution in [3.8, 4) is 0 Å². The number of aryl methyl sites for hydroxylation is 1. The number of rotatable bonds is 4. The molecule has 1 aliphatic rings. The normalized spacial score (nSPS) is 18.2. The first kappa shape index (κ1) is 10.7. The second kappa shape index (κ2) is 5.31. The lowest BCUT2D eigenvalue weighted by atomic mass is 9.89. The van der Waals surface area contributed by atoms with Crippen LogP contribution in [0.1, 0.15) is 43.6 Å².